The summed E-state index contributed by atoms with van der Waals surface area (Å²) in [6, 6.07) is -2.58. The maximum absolute atomic E-state index is 10.5. The second-order valence-corrected chi connectivity index (χ2v) is 7.46. The molecule has 0 aromatic rings. The van der Waals surface area contributed by atoms with E-state index >= 15 is 0 Å². The summed E-state index contributed by atoms with van der Waals surface area (Å²) in [4.78, 5) is 7.55. The highest BCUT2D eigenvalue weighted by molar-refractivity contribution is 5.76. The second kappa shape index (κ2) is 11.3. The van der Waals surface area contributed by atoms with Crippen LogP contribution in [-0.2, 0) is 14.2 Å². The van der Waals surface area contributed by atoms with Gasteiger partial charge in [-0.1, -0.05) is 0 Å². The lowest BCUT2D eigenvalue weighted by molar-refractivity contribution is -0.303. The molecule has 32 heavy (non-hydrogen) atoms. The van der Waals surface area contributed by atoms with E-state index in [1.165, 1.54) is 0 Å². The van der Waals surface area contributed by atoms with Crippen molar-refractivity contribution in [1.82, 2.24) is 0 Å². The van der Waals surface area contributed by atoms with Crippen LogP contribution in [0.2, 0.25) is 0 Å². The van der Waals surface area contributed by atoms with Crippen LogP contribution in [0.1, 0.15) is 0 Å². The topological polar surface area (TPSA) is 298 Å². The van der Waals surface area contributed by atoms with Gasteiger partial charge < -0.3 is 72.9 Å². The summed E-state index contributed by atoms with van der Waals surface area (Å²) in [6.07, 6.45) is -13.3. The fraction of sp³-hybridized carbons (Fsp3) is 0.875. The van der Waals surface area contributed by atoms with Crippen LogP contribution in [0.15, 0.2) is 9.98 Å². The monoisotopic (exact) mass is 468 g/mol. The molecular weight excluding hydrogens is 436 g/mol. The Labute approximate surface area is 182 Å². The Morgan fingerprint density at radius 3 is 1.81 bits per heavy atom. The molecule has 0 spiro atoms. The predicted octanol–water partition coefficient (Wildman–Crippen LogP) is -7.43. The highest BCUT2D eigenvalue weighted by Gasteiger charge is 2.50. The van der Waals surface area contributed by atoms with Crippen molar-refractivity contribution in [2.45, 2.75) is 67.2 Å². The molecule has 0 bridgehead atoms. The Bertz CT molecular complexity index is 661. The van der Waals surface area contributed by atoms with E-state index in [0.717, 1.165) is 0 Å². The number of nitrogens with zero attached hydrogens (tertiary/aromatic N) is 2. The molecule has 1 saturated heterocycles. The van der Waals surface area contributed by atoms with Gasteiger partial charge in [0.25, 0.3) is 0 Å². The fourth-order valence-electron chi connectivity index (χ4n) is 3.59. The highest BCUT2D eigenvalue weighted by atomic mass is 16.7. The summed E-state index contributed by atoms with van der Waals surface area (Å²) in [7, 11) is 0. The minimum absolute atomic E-state index is 0.260. The van der Waals surface area contributed by atoms with E-state index in [1.54, 1.807) is 0 Å². The number of hydrogen-bond donors (Lipinski definition) is 11. The molecule has 0 radical (unpaired) electrons. The molecule has 1 saturated carbocycles. The number of aliphatic hydroxyl groups excluding tert-OH is 7. The molecule has 186 valence electrons. The van der Waals surface area contributed by atoms with Gasteiger partial charge in [-0.25, -0.2) is 9.98 Å². The van der Waals surface area contributed by atoms with Crippen LogP contribution >= 0.6 is 0 Å². The third-order valence-corrected chi connectivity index (χ3v) is 5.19. The predicted molar refractivity (Wildman–Crippen MR) is 107 cm³/mol. The molecule has 0 amide bonds. The zero-order chi connectivity index (χ0) is 24.2. The molecule has 11 atom stereocenters. The molecule has 0 unspecified atom stereocenters. The van der Waals surface area contributed by atoms with Crippen molar-refractivity contribution in [2.24, 2.45) is 32.9 Å². The van der Waals surface area contributed by atoms with Crippen molar-refractivity contribution in [1.29, 1.82) is 0 Å². The van der Waals surface area contributed by atoms with Crippen molar-refractivity contribution in [2.75, 3.05) is 19.8 Å². The highest BCUT2D eigenvalue weighted by Crippen LogP contribution is 2.28. The number of hydrogen-bond acceptors (Lipinski definition) is 12. The van der Waals surface area contributed by atoms with E-state index < -0.39 is 85.7 Å². The molecule has 15 N–H and O–H groups in total. The van der Waals surface area contributed by atoms with Gasteiger partial charge in [-0.2, -0.15) is 0 Å². The van der Waals surface area contributed by atoms with Crippen LogP contribution in [0.5, 0.6) is 0 Å². The third kappa shape index (κ3) is 5.93. The molecule has 0 aromatic heterocycles. The third-order valence-electron chi connectivity index (χ3n) is 5.19. The van der Waals surface area contributed by atoms with Gasteiger partial charge in [0.05, 0.1) is 19.8 Å². The van der Waals surface area contributed by atoms with E-state index in [-0.39, 0.29) is 13.2 Å². The quantitative estimate of drug-likeness (QED) is 0.0895. The summed E-state index contributed by atoms with van der Waals surface area (Å²) in [5, 5.41) is 70.0. The van der Waals surface area contributed by atoms with Crippen LogP contribution in [0.3, 0.4) is 0 Å². The van der Waals surface area contributed by atoms with Gasteiger partial charge >= 0.3 is 0 Å². The average molecular weight is 468 g/mol. The standard InChI is InChI=1S/C16H32N6O10/c17-15(18)21-5-8(25)6(22-16(19)20)13(11(28)9(5)26)30-1-2-31-14-12(29)10(27)7(24)4(3-23)32-14/h4-14,23-29H,1-3H2,(H4,17,18,21)(H4,19,20,22)/t4-,5-,6+,7-,8-,9+,10+,11-,12-,13-,14-/m1/s1. The van der Waals surface area contributed by atoms with E-state index in [1.807, 2.05) is 0 Å². The van der Waals surface area contributed by atoms with Gasteiger partial charge in [0.1, 0.15) is 60.9 Å². The number of guanidine groups is 2. The van der Waals surface area contributed by atoms with Crippen LogP contribution in [0, 0.1) is 0 Å². The molecule has 2 rings (SSSR count). The van der Waals surface area contributed by atoms with Gasteiger partial charge in [-0.15, -0.1) is 0 Å². The van der Waals surface area contributed by atoms with E-state index in [0.29, 0.717) is 0 Å². The first kappa shape index (κ1) is 26.4. The summed E-state index contributed by atoms with van der Waals surface area (Å²) in [5.74, 6) is -0.858. The largest absolute Gasteiger partial charge is 0.394 e. The normalized spacial score (nSPS) is 42.3. The summed E-state index contributed by atoms with van der Waals surface area (Å²) in [5.41, 5.74) is 21.4. The summed E-state index contributed by atoms with van der Waals surface area (Å²) < 4.78 is 16.0. The van der Waals surface area contributed by atoms with Crippen molar-refractivity contribution in [3.63, 3.8) is 0 Å². The molecule has 1 aliphatic heterocycles. The average Bonchev–Trinajstić information content (AvgIpc) is 2.73. The SMILES string of the molecule is NC(N)=N[C@H]1[C@H](O)[C@@H](O)[C@H](OCCO[C@@H]2O[C@H](CO)[C@@H](O)[C@H](O)[C@H]2O)[C@@H](N=C(N)N)[C@@H]1O. The minimum Gasteiger partial charge on any atom is -0.394 e. The lowest BCUT2D eigenvalue weighted by Gasteiger charge is -2.43. The van der Waals surface area contributed by atoms with Crippen LogP contribution in [0.4, 0.5) is 0 Å². The maximum Gasteiger partial charge on any atom is 0.186 e. The van der Waals surface area contributed by atoms with Gasteiger partial charge in [0.2, 0.25) is 0 Å². The molecule has 1 aliphatic carbocycles. The second-order valence-electron chi connectivity index (χ2n) is 7.46. The Kier molecular flexibility index (Phi) is 9.34. The Morgan fingerprint density at radius 2 is 1.25 bits per heavy atom. The molecular formula is C16H32N6O10. The molecule has 16 heteroatoms. The Morgan fingerprint density at radius 1 is 0.688 bits per heavy atom. The van der Waals surface area contributed by atoms with Crippen LogP contribution in [0.25, 0.3) is 0 Å². The lowest BCUT2D eigenvalue weighted by atomic mass is 9.82. The number of aliphatic hydroxyl groups is 7. The van der Waals surface area contributed by atoms with Crippen molar-refractivity contribution < 1.29 is 50.0 Å². The molecule has 0 aromatic carbocycles. The number of aliphatic imine (C=N–C) groups is 2. The van der Waals surface area contributed by atoms with Gasteiger partial charge in [-0.3, -0.25) is 0 Å². The first-order valence-corrected chi connectivity index (χ1v) is 9.75. The summed E-state index contributed by atoms with van der Waals surface area (Å²) >= 11 is 0. The van der Waals surface area contributed by atoms with E-state index in [2.05, 4.69) is 9.98 Å². The van der Waals surface area contributed by atoms with E-state index in [9.17, 15) is 35.7 Å². The van der Waals surface area contributed by atoms with Crippen molar-refractivity contribution in [3.05, 3.63) is 0 Å². The maximum atomic E-state index is 10.5. The molecule has 2 aliphatic rings. The fourth-order valence-corrected chi connectivity index (χ4v) is 3.59. The Balaban J connectivity index is 2.02. The zero-order valence-corrected chi connectivity index (χ0v) is 17.0. The smallest absolute Gasteiger partial charge is 0.186 e. The van der Waals surface area contributed by atoms with E-state index in [4.69, 9.17) is 37.1 Å². The molecule has 1 heterocycles. The number of rotatable bonds is 8. The van der Waals surface area contributed by atoms with Gasteiger partial charge in [0.15, 0.2) is 18.2 Å². The number of ether oxygens (including phenoxy) is 3. The molecule has 2 fully saturated rings. The Hall–Kier alpha value is -1.86. The minimum atomic E-state index is -1.62. The van der Waals surface area contributed by atoms with Gasteiger partial charge in [0, 0.05) is 0 Å². The summed E-state index contributed by atoms with van der Waals surface area (Å²) in [6.45, 7) is -1.15. The zero-order valence-electron chi connectivity index (χ0n) is 17.0. The van der Waals surface area contributed by atoms with Gasteiger partial charge in [-0.05, 0) is 0 Å². The lowest BCUT2D eigenvalue weighted by Crippen LogP contribution is -2.64. The first-order chi connectivity index (χ1) is 15.0. The molecule has 16 nitrogen and oxygen atoms in total. The first-order valence-electron chi connectivity index (χ1n) is 9.75. The number of nitrogens with two attached hydrogens (primary N) is 4. The van der Waals surface area contributed by atoms with Crippen LogP contribution in [-0.4, -0.2) is 135 Å². The van der Waals surface area contributed by atoms with Crippen LogP contribution < -0.4 is 22.9 Å². The van der Waals surface area contributed by atoms with Crippen molar-refractivity contribution >= 4 is 11.9 Å². The van der Waals surface area contributed by atoms with Crippen molar-refractivity contribution in [3.8, 4) is 0 Å².